The summed E-state index contributed by atoms with van der Waals surface area (Å²) in [6.07, 6.45) is 8.34. The Bertz CT molecular complexity index is 444. The van der Waals surface area contributed by atoms with Crippen molar-refractivity contribution in [2.24, 2.45) is 5.92 Å². The molecule has 5 heteroatoms. The van der Waals surface area contributed by atoms with E-state index in [2.05, 4.69) is 42.2 Å². The smallest absolute Gasteiger partial charge is 0.191 e. The van der Waals surface area contributed by atoms with Crippen molar-refractivity contribution in [1.82, 2.24) is 9.97 Å². The molecule has 0 spiro atoms. The lowest BCUT2D eigenvalue weighted by Gasteiger charge is -2.34. The molecule has 1 heterocycles. The van der Waals surface area contributed by atoms with Crippen molar-refractivity contribution in [3.05, 3.63) is 6.07 Å². The van der Waals surface area contributed by atoms with Crippen molar-refractivity contribution in [3.63, 3.8) is 0 Å². The van der Waals surface area contributed by atoms with Gasteiger partial charge >= 0.3 is 0 Å². The summed E-state index contributed by atoms with van der Waals surface area (Å²) < 4.78 is 0. The van der Waals surface area contributed by atoms with E-state index in [0.717, 1.165) is 35.7 Å². The van der Waals surface area contributed by atoms with Gasteiger partial charge in [0.05, 0.1) is 0 Å². The first-order chi connectivity index (χ1) is 10.1. The molecule has 0 unspecified atom stereocenters. The van der Waals surface area contributed by atoms with Gasteiger partial charge in [-0.1, -0.05) is 25.6 Å². The molecule has 1 aromatic rings. The molecule has 0 aromatic carbocycles. The fourth-order valence-electron chi connectivity index (χ4n) is 2.85. The van der Waals surface area contributed by atoms with E-state index in [9.17, 15) is 0 Å². The fourth-order valence-corrected chi connectivity index (χ4v) is 3.22. The van der Waals surface area contributed by atoms with Crippen LogP contribution < -0.4 is 10.2 Å². The van der Waals surface area contributed by atoms with E-state index in [-0.39, 0.29) is 0 Å². The molecular weight excluding hydrogens is 280 g/mol. The second-order valence-corrected chi connectivity index (χ2v) is 6.82. The summed E-state index contributed by atoms with van der Waals surface area (Å²) in [5, 5.41) is 4.23. The predicted octanol–water partition coefficient (Wildman–Crippen LogP) is 4.04. The van der Waals surface area contributed by atoms with Gasteiger partial charge < -0.3 is 10.2 Å². The number of nitrogens with one attached hydrogen (secondary N) is 1. The Kier molecular flexibility index (Phi) is 6.15. The van der Waals surface area contributed by atoms with Crippen LogP contribution in [0.5, 0.6) is 0 Å². The molecule has 1 fully saturated rings. The summed E-state index contributed by atoms with van der Waals surface area (Å²) in [6.45, 7) is 5.48. The summed E-state index contributed by atoms with van der Waals surface area (Å²) >= 11 is 1.61. The number of hydrogen-bond acceptors (Lipinski definition) is 5. The van der Waals surface area contributed by atoms with Gasteiger partial charge in [-0.3, -0.25) is 0 Å². The summed E-state index contributed by atoms with van der Waals surface area (Å²) in [5.41, 5.74) is 0. The maximum Gasteiger partial charge on any atom is 0.191 e. The quantitative estimate of drug-likeness (QED) is 0.634. The molecule has 1 N–H and O–H groups in total. The van der Waals surface area contributed by atoms with Crippen LogP contribution in [0.15, 0.2) is 11.2 Å². The average Bonchev–Trinajstić information content (AvgIpc) is 2.52. The van der Waals surface area contributed by atoms with Crippen LogP contribution in [-0.4, -0.2) is 35.9 Å². The van der Waals surface area contributed by atoms with E-state index in [1.165, 1.54) is 25.7 Å². The van der Waals surface area contributed by atoms with Gasteiger partial charge in [-0.15, -0.1) is 0 Å². The summed E-state index contributed by atoms with van der Waals surface area (Å²) in [5.74, 6) is 2.87. The molecule has 0 atom stereocenters. The highest BCUT2D eigenvalue weighted by molar-refractivity contribution is 7.98. The Morgan fingerprint density at radius 3 is 2.62 bits per heavy atom. The van der Waals surface area contributed by atoms with Crippen molar-refractivity contribution in [2.45, 2.75) is 57.1 Å². The highest BCUT2D eigenvalue weighted by Crippen LogP contribution is 2.30. The van der Waals surface area contributed by atoms with Crippen LogP contribution in [-0.2, 0) is 0 Å². The molecule has 0 saturated heterocycles. The van der Waals surface area contributed by atoms with E-state index < -0.39 is 0 Å². The normalized spacial score (nSPS) is 22.1. The van der Waals surface area contributed by atoms with E-state index in [1.54, 1.807) is 11.8 Å². The predicted molar refractivity (Wildman–Crippen MR) is 92.4 cm³/mol. The third-order valence-corrected chi connectivity index (χ3v) is 4.87. The SMILES string of the molecule is CCCNc1cc(N(C)C2CCC(C)CC2)nc(SC)n1. The molecule has 2 rings (SSSR count). The summed E-state index contributed by atoms with van der Waals surface area (Å²) in [4.78, 5) is 11.6. The zero-order valence-electron chi connectivity index (χ0n) is 13.7. The molecule has 1 aliphatic rings. The van der Waals surface area contributed by atoms with Crippen LogP contribution in [0.2, 0.25) is 0 Å². The average molecular weight is 308 g/mol. The molecule has 4 nitrogen and oxygen atoms in total. The first kappa shape index (κ1) is 16.4. The lowest BCUT2D eigenvalue weighted by atomic mass is 9.87. The van der Waals surface area contributed by atoms with Gasteiger partial charge in [0.1, 0.15) is 11.6 Å². The highest BCUT2D eigenvalue weighted by Gasteiger charge is 2.23. The van der Waals surface area contributed by atoms with Crippen LogP contribution in [0.1, 0.15) is 46.0 Å². The van der Waals surface area contributed by atoms with E-state index >= 15 is 0 Å². The second-order valence-electron chi connectivity index (χ2n) is 6.05. The minimum Gasteiger partial charge on any atom is -0.370 e. The minimum absolute atomic E-state index is 0.616. The van der Waals surface area contributed by atoms with E-state index in [1.807, 2.05) is 6.26 Å². The van der Waals surface area contributed by atoms with E-state index in [0.29, 0.717) is 6.04 Å². The highest BCUT2D eigenvalue weighted by atomic mass is 32.2. The molecular formula is C16H28N4S. The Balaban J connectivity index is 2.13. The Morgan fingerprint density at radius 2 is 2.00 bits per heavy atom. The number of anilines is 2. The summed E-state index contributed by atoms with van der Waals surface area (Å²) in [6, 6.07) is 2.71. The molecule has 1 aromatic heterocycles. The molecule has 1 saturated carbocycles. The van der Waals surface area contributed by atoms with Crippen molar-refractivity contribution in [3.8, 4) is 0 Å². The number of thioether (sulfide) groups is 1. The second kappa shape index (κ2) is 7.87. The first-order valence-electron chi connectivity index (χ1n) is 8.03. The molecule has 21 heavy (non-hydrogen) atoms. The molecule has 0 bridgehead atoms. The molecule has 118 valence electrons. The number of hydrogen-bond donors (Lipinski definition) is 1. The lowest BCUT2D eigenvalue weighted by Crippen LogP contribution is -2.35. The third kappa shape index (κ3) is 4.50. The van der Waals surface area contributed by atoms with Gasteiger partial charge in [0.25, 0.3) is 0 Å². The molecule has 0 aliphatic heterocycles. The zero-order valence-corrected chi connectivity index (χ0v) is 14.5. The number of rotatable bonds is 6. The fraction of sp³-hybridized carbons (Fsp3) is 0.750. The van der Waals surface area contributed by atoms with Gasteiger partial charge in [0.2, 0.25) is 0 Å². The van der Waals surface area contributed by atoms with E-state index in [4.69, 9.17) is 4.98 Å². The lowest BCUT2D eigenvalue weighted by molar-refractivity contribution is 0.339. The zero-order chi connectivity index (χ0) is 15.2. The Labute approximate surface area is 133 Å². The minimum atomic E-state index is 0.616. The maximum absolute atomic E-state index is 4.69. The monoisotopic (exact) mass is 308 g/mol. The van der Waals surface area contributed by atoms with Crippen molar-refractivity contribution in [1.29, 1.82) is 0 Å². The molecule has 1 aliphatic carbocycles. The van der Waals surface area contributed by atoms with Crippen LogP contribution in [0.3, 0.4) is 0 Å². The Hall–Kier alpha value is -0.970. The topological polar surface area (TPSA) is 41.0 Å². The van der Waals surface area contributed by atoms with Crippen LogP contribution in [0.4, 0.5) is 11.6 Å². The van der Waals surface area contributed by atoms with Gasteiger partial charge in [-0.05, 0) is 44.3 Å². The van der Waals surface area contributed by atoms with Crippen LogP contribution in [0.25, 0.3) is 0 Å². The van der Waals surface area contributed by atoms with Gasteiger partial charge in [0, 0.05) is 25.7 Å². The molecule has 0 radical (unpaired) electrons. The van der Waals surface area contributed by atoms with Gasteiger partial charge in [-0.2, -0.15) is 0 Å². The van der Waals surface area contributed by atoms with Gasteiger partial charge in [0.15, 0.2) is 5.16 Å². The van der Waals surface area contributed by atoms with Crippen molar-refractivity contribution >= 4 is 23.4 Å². The van der Waals surface area contributed by atoms with Crippen LogP contribution >= 0.6 is 11.8 Å². The number of nitrogens with zero attached hydrogens (tertiary/aromatic N) is 3. The standard InChI is InChI=1S/C16H28N4S/c1-5-10-17-14-11-15(19-16(18-14)21-4)20(3)13-8-6-12(2)7-9-13/h11-13H,5-10H2,1-4H3,(H,17,18,19). The third-order valence-electron chi connectivity index (χ3n) is 4.33. The summed E-state index contributed by atoms with van der Waals surface area (Å²) in [7, 11) is 2.18. The first-order valence-corrected chi connectivity index (χ1v) is 9.26. The number of aromatic nitrogens is 2. The van der Waals surface area contributed by atoms with Crippen molar-refractivity contribution in [2.75, 3.05) is 30.1 Å². The Morgan fingerprint density at radius 1 is 1.29 bits per heavy atom. The molecule has 0 amide bonds. The largest absolute Gasteiger partial charge is 0.370 e. The van der Waals surface area contributed by atoms with Crippen molar-refractivity contribution < 1.29 is 0 Å². The maximum atomic E-state index is 4.69. The van der Waals surface area contributed by atoms with Crippen LogP contribution in [0, 0.1) is 5.92 Å². The van der Waals surface area contributed by atoms with Gasteiger partial charge in [-0.25, -0.2) is 9.97 Å².